The molecule has 0 saturated heterocycles. The van der Waals surface area contributed by atoms with Crippen LogP contribution >= 0.6 is 0 Å². The molecule has 1 aromatic heterocycles. The normalized spacial score (nSPS) is 15.7. The molecular weight excluding hydrogens is 302 g/mol. The maximum absolute atomic E-state index is 11.6. The van der Waals surface area contributed by atoms with Crippen LogP contribution in [0.1, 0.15) is 56.5 Å². The topological polar surface area (TPSA) is 52.3 Å². The Morgan fingerprint density at radius 1 is 1.25 bits per heavy atom. The summed E-state index contributed by atoms with van der Waals surface area (Å²) in [7, 11) is 0. The molecule has 0 amide bonds. The lowest BCUT2D eigenvalue weighted by atomic mass is 9.89. The molecular formula is C20H23NO3. The molecule has 0 bridgehead atoms. The molecule has 1 aliphatic rings. The summed E-state index contributed by atoms with van der Waals surface area (Å²) in [6.45, 7) is 2.15. The molecule has 1 fully saturated rings. The van der Waals surface area contributed by atoms with Crippen LogP contribution < -0.4 is 0 Å². The summed E-state index contributed by atoms with van der Waals surface area (Å²) in [5.74, 6) is 1.53. The van der Waals surface area contributed by atoms with Crippen molar-refractivity contribution in [3.8, 4) is 11.3 Å². The first-order valence-electron chi connectivity index (χ1n) is 8.69. The molecule has 24 heavy (non-hydrogen) atoms. The minimum Gasteiger partial charge on any atom is -0.463 e. The van der Waals surface area contributed by atoms with E-state index >= 15 is 0 Å². The molecule has 0 radical (unpaired) electrons. The first-order valence-corrected chi connectivity index (χ1v) is 8.69. The third-order valence-electron chi connectivity index (χ3n) is 4.32. The minimum atomic E-state index is -0.362. The largest absolute Gasteiger partial charge is 0.463 e. The van der Waals surface area contributed by atoms with Crippen LogP contribution in [0.4, 0.5) is 0 Å². The van der Waals surface area contributed by atoms with Gasteiger partial charge >= 0.3 is 5.97 Å². The second kappa shape index (κ2) is 7.95. The number of aromatic nitrogens is 1. The van der Waals surface area contributed by atoms with E-state index in [0.29, 0.717) is 18.2 Å². The fourth-order valence-corrected chi connectivity index (χ4v) is 3.12. The highest BCUT2D eigenvalue weighted by atomic mass is 16.5. The molecule has 0 atom stereocenters. The van der Waals surface area contributed by atoms with Crippen LogP contribution in [0, 0.1) is 0 Å². The van der Waals surface area contributed by atoms with Crippen molar-refractivity contribution in [1.82, 2.24) is 4.98 Å². The van der Waals surface area contributed by atoms with E-state index in [-0.39, 0.29) is 5.97 Å². The molecule has 1 heterocycles. The van der Waals surface area contributed by atoms with Gasteiger partial charge in [0.25, 0.3) is 0 Å². The second-order valence-electron chi connectivity index (χ2n) is 6.05. The Balaban J connectivity index is 1.92. The number of hydrogen-bond donors (Lipinski definition) is 0. The second-order valence-corrected chi connectivity index (χ2v) is 6.05. The standard InChI is InChI=1S/C20H23NO3/c1-2-23-18(22)14-13-17-19(15-9-5-3-6-10-15)24-20(21-17)16-11-7-4-8-12-16/h3,5-6,9-10,13-14,16H,2,4,7-8,11-12H2,1H3/b14-13+. The van der Waals surface area contributed by atoms with Gasteiger partial charge in [-0.3, -0.25) is 0 Å². The van der Waals surface area contributed by atoms with Gasteiger partial charge in [0.05, 0.1) is 6.61 Å². The molecule has 3 rings (SSSR count). The molecule has 4 nitrogen and oxygen atoms in total. The quantitative estimate of drug-likeness (QED) is 0.575. The van der Waals surface area contributed by atoms with E-state index in [4.69, 9.17) is 9.15 Å². The van der Waals surface area contributed by atoms with E-state index in [9.17, 15) is 4.79 Å². The zero-order valence-electron chi connectivity index (χ0n) is 14.0. The highest BCUT2D eigenvalue weighted by Crippen LogP contribution is 2.35. The summed E-state index contributed by atoms with van der Waals surface area (Å²) in [4.78, 5) is 16.3. The first-order chi connectivity index (χ1) is 11.8. The van der Waals surface area contributed by atoms with Crippen LogP contribution in [0.3, 0.4) is 0 Å². The van der Waals surface area contributed by atoms with Crippen molar-refractivity contribution < 1.29 is 13.9 Å². The van der Waals surface area contributed by atoms with E-state index in [1.807, 2.05) is 30.3 Å². The maximum atomic E-state index is 11.6. The van der Waals surface area contributed by atoms with E-state index in [2.05, 4.69) is 4.98 Å². The zero-order chi connectivity index (χ0) is 16.8. The monoisotopic (exact) mass is 325 g/mol. The predicted octanol–water partition coefficient (Wildman–Crippen LogP) is 4.97. The van der Waals surface area contributed by atoms with Gasteiger partial charge in [-0.25, -0.2) is 9.78 Å². The Hall–Kier alpha value is -2.36. The van der Waals surface area contributed by atoms with Gasteiger partial charge in [0.2, 0.25) is 0 Å². The average molecular weight is 325 g/mol. The number of oxazole rings is 1. The van der Waals surface area contributed by atoms with Crippen LogP contribution in [-0.2, 0) is 9.53 Å². The van der Waals surface area contributed by atoms with Crippen molar-refractivity contribution in [3.63, 3.8) is 0 Å². The Labute approximate surface area is 142 Å². The maximum Gasteiger partial charge on any atom is 0.330 e. The van der Waals surface area contributed by atoms with E-state index in [1.54, 1.807) is 13.0 Å². The van der Waals surface area contributed by atoms with Gasteiger partial charge in [-0.1, -0.05) is 49.6 Å². The molecule has 2 aromatic rings. The van der Waals surface area contributed by atoms with Crippen LogP contribution in [-0.4, -0.2) is 17.6 Å². The van der Waals surface area contributed by atoms with Gasteiger partial charge in [-0.15, -0.1) is 0 Å². The first kappa shape index (κ1) is 16.5. The molecule has 0 spiro atoms. The van der Waals surface area contributed by atoms with Gasteiger partial charge in [0.15, 0.2) is 11.7 Å². The lowest BCUT2D eigenvalue weighted by Crippen LogP contribution is -2.04. The van der Waals surface area contributed by atoms with E-state index in [0.717, 1.165) is 30.1 Å². The molecule has 126 valence electrons. The third-order valence-corrected chi connectivity index (χ3v) is 4.32. The highest BCUT2D eigenvalue weighted by molar-refractivity contribution is 5.88. The van der Waals surface area contributed by atoms with Crippen molar-refractivity contribution in [2.45, 2.75) is 44.9 Å². The minimum absolute atomic E-state index is 0.362. The zero-order valence-corrected chi connectivity index (χ0v) is 14.0. The summed E-state index contributed by atoms with van der Waals surface area (Å²) in [5, 5.41) is 0. The number of ether oxygens (including phenoxy) is 1. The molecule has 1 saturated carbocycles. The number of carbonyl (C=O) groups excluding carboxylic acids is 1. The average Bonchev–Trinajstić information content (AvgIpc) is 3.06. The Kier molecular flexibility index (Phi) is 5.47. The summed E-state index contributed by atoms with van der Waals surface area (Å²) in [6.07, 6.45) is 9.09. The molecule has 0 N–H and O–H groups in total. The summed E-state index contributed by atoms with van der Waals surface area (Å²) < 4.78 is 11.1. The van der Waals surface area contributed by atoms with Gasteiger partial charge in [0, 0.05) is 17.6 Å². The third kappa shape index (κ3) is 3.94. The van der Waals surface area contributed by atoms with Crippen molar-refractivity contribution in [2.24, 2.45) is 0 Å². The van der Waals surface area contributed by atoms with Gasteiger partial charge in [-0.2, -0.15) is 0 Å². The van der Waals surface area contributed by atoms with Gasteiger partial charge < -0.3 is 9.15 Å². The fraction of sp³-hybridized carbons (Fsp3) is 0.400. The number of hydrogen-bond acceptors (Lipinski definition) is 4. The molecule has 4 heteroatoms. The predicted molar refractivity (Wildman–Crippen MR) is 93.4 cm³/mol. The van der Waals surface area contributed by atoms with Crippen LogP contribution in [0.25, 0.3) is 17.4 Å². The number of rotatable bonds is 5. The van der Waals surface area contributed by atoms with Gasteiger partial charge in [0.1, 0.15) is 5.69 Å². The highest BCUT2D eigenvalue weighted by Gasteiger charge is 2.23. The molecule has 0 aliphatic heterocycles. The number of carbonyl (C=O) groups is 1. The SMILES string of the molecule is CCOC(=O)/C=C/c1nc(C2CCCCC2)oc1-c1ccccc1. The van der Waals surface area contributed by atoms with Gasteiger partial charge in [-0.05, 0) is 25.8 Å². The summed E-state index contributed by atoms with van der Waals surface area (Å²) in [5.41, 5.74) is 1.66. The van der Waals surface area contributed by atoms with Crippen LogP contribution in [0.5, 0.6) is 0 Å². The van der Waals surface area contributed by atoms with Crippen molar-refractivity contribution >= 4 is 12.0 Å². The number of benzene rings is 1. The molecule has 1 aliphatic carbocycles. The molecule has 1 aromatic carbocycles. The fourth-order valence-electron chi connectivity index (χ4n) is 3.12. The smallest absolute Gasteiger partial charge is 0.330 e. The lowest BCUT2D eigenvalue weighted by Gasteiger charge is -2.17. The summed E-state index contributed by atoms with van der Waals surface area (Å²) >= 11 is 0. The van der Waals surface area contributed by atoms with Crippen LogP contribution in [0.15, 0.2) is 40.8 Å². The Bertz CT molecular complexity index is 697. The summed E-state index contributed by atoms with van der Waals surface area (Å²) in [6, 6.07) is 9.89. The Morgan fingerprint density at radius 2 is 2.00 bits per heavy atom. The lowest BCUT2D eigenvalue weighted by molar-refractivity contribution is -0.137. The number of esters is 1. The van der Waals surface area contributed by atoms with Crippen LogP contribution in [0.2, 0.25) is 0 Å². The van der Waals surface area contributed by atoms with E-state index in [1.165, 1.54) is 25.3 Å². The Morgan fingerprint density at radius 3 is 2.71 bits per heavy atom. The van der Waals surface area contributed by atoms with Crippen molar-refractivity contribution in [3.05, 3.63) is 48.0 Å². The molecule has 0 unspecified atom stereocenters. The van der Waals surface area contributed by atoms with Crippen molar-refractivity contribution in [1.29, 1.82) is 0 Å². The van der Waals surface area contributed by atoms with E-state index < -0.39 is 0 Å². The number of nitrogens with zero attached hydrogens (tertiary/aromatic N) is 1. The van der Waals surface area contributed by atoms with Crippen molar-refractivity contribution in [2.75, 3.05) is 6.61 Å².